The first kappa shape index (κ1) is 20.4. The summed E-state index contributed by atoms with van der Waals surface area (Å²) in [5.41, 5.74) is 0. The molecule has 0 aliphatic heterocycles. The Hall–Kier alpha value is -0.580. The minimum absolute atomic E-state index is 0. The quantitative estimate of drug-likeness (QED) is 0.437. The van der Waals surface area contributed by atoms with E-state index in [1.165, 1.54) is 37.0 Å². The number of thiophene rings is 1. The number of carbonyl (C=O) groups is 1. The van der Waals surface area contributed by atoms with E-state index in [0.29, 0.717) is 11.5 Å². The van der Waals surface area contributed by atoms with Crippen molar-refractivity contribution < 1.29 is 9.53 Å². The van der Waals surface area contributed by atoms with Crippen LogP contribution in [0.15, 0.2) is 17.5 Å². The average Bonchev–Trinajstić information content (AvgIpc) is 2.99. The number of hydrogen-bond acceptors (Lipinski definition) is 4. The predicted octanol–water partition coefficient (Wildman–Crippen LogP) is 4.62. The van der Waals surface area contributed by atoms with Crippen LogP contribution in [0, 0.1) is 0 Å². The van der Waals surface area contributed by atoms with E-state index < -0.39 is 0 Å². The Bertz CT molecular complexity index is 349. The Morgan fingerprint density at radius 3 is 2.29 bits per heavy atom. The van der Waals surface area contributed by atoms with Crippen LogP contribution in [0.4, 0.5) is 0 Å². The van der Waals surface area contributed by atoms with Crippen molar-refractivity contribution in [3.05, 3.63) is 22.4 Å². The van der Waals surface area contributed by atoms with Crippen molar-refractivity contribution in [1.82, 2.24) is 4.90 Å². The van der Waals surface area contributed by atoms with Crippen LogP contribution in [0.5, 0.6) is 0 Å². The van der Waals surface area contributed by atoms with Crippen molar-refractivity contribution in [2.45, 2.75) is 46.0 Å². The molecule has 3 nitrogen and oxygen atoms in total. The topological polar surface area (TPSA) is 29.5 Å². The van der Waals surface area contributed by atoms with Crippen LogP contribution in [-0.2, 0) is 4.74 Å². The largest absolute Gasteiger partial charge is 0.461 e. The number of unbranched alkanes of at least 4 members (excludes halogenated alkanes) is 2. The highest BCUT2D eigenvalue weighted by Crippen LogP contribution is 2.10. The van der Waals surface area contributed by atoms with Gasteiger partial charge in [0.1, 0.15) is 4.88 Å². The maximum absolute atomic E-state index is 11.7. The van der Waals surface area contributed by atoms with Crippen LogP contribution < -0.4 is 0 Å². The Labute approximate surface area is 139 Å². The number of carbonyl (C=O) groups excluding carboxylic acids is 1. The van der Waals surface area contributed by atoms with Crippen molar-refractivity contribution in [2.75, 3.05) is 26.2 Å². The second-order valence-electron chi connectivity index (χ2n) is 5.02. The lowest BCUT2D eigenvalue weighted by molar-refractivity contribution is 0.0493. The van der Waals surface area contributed by atoms with Gasteiger partial charge in [-0.3, -0.25) is 0 Å². The summed E-state index contributed by atoms with van der Waals surface area (Å²) in [5.74, 6) is -0.186. The van der Waals surface area contributed by atoms with Gasteiger partial charge in [0.25, 0.3) is 0 Å². The zero-order valence-corrected chi connectivity index (χ0v) is 14.8. The third-order valence-electron chi connectivity index (χ3n) is 3.23. The first-order chi connectivity index (χ1) is 9.77. The maximum atomic E-state index is 11.7. The minimum atomic E-state index is -0.186. The highest BCUT2D eigenvalue weighted by Gasteiger charge is 2.08. The van der Waals surface area contributed by atoms with Gasteiger partial charge in [-0.05, 0) is 43.8 Å². The Morgan fingerprint density at radius 2 is 1.76 bits per heavy atom. The molecule has 0 aliphatic carbocycles. The van der Waals surface area contributed by atoms with E-state index in [2.05, 4.69) is 18.7 Å². The Kier molecular flexibility index (Phi) is 12.7. The molecule has 0 aromatic carbocycles. The molecule has 5 heteroatoms. The molecule has 1 aromatic heterocycles. The van der Waals surface area contributed by atoms with Crippen LogP contribution in [0.1, 0.15) is 55.6 Å². The van der Waals surface area contributed by atoms with E-state index in [0.717, 1.165) is 26.1 Å². The van der Waals surface area contributed by atoms with E-state index in [-0.39, 0.29) is 18.4 Å². The summed E-state index contributed by atoms with van der Waals surface area (Å²) in [6, 6.07) is 3.68. The zero-order chi connectivity index (χ0) is 14.6. The molecule has 0 bridgehead atoms. The van der Waals surface area contributed by atoms with Gasteiger partial charge in [-0.1, -0.05) is 32.8 Å². The van der Waals surface area contributed by atoms with Gasteiger partial charge in [-0.25, -0.2) is 4.79 Å². The number of hydrogen-bond donors (Lipinski definition) is 0. The third kappa shape index (κ3) is 9.12. The number of esters is 1. The fourth-order valence-corrected chi connectivity index (χ4v) is 2.63. The highest BCUT2D eigenvalue weighted by molar-refractivity contribution is 7.11. The summed E-state index contributed by atoms with van der Waals surface area (Å²) in [4.78, 5) is 14.9. The third-order valence-corrected chi connectivity index (χ3v) is 4.08. The van der Waals surface area contributed by atoms with Gasteiger partial charge >= 0.3 is 5.97 Å². The smallest absolute Gasteiger partial charge is 0.348 e. The van der Waals surface area contributed by atoms with E-state index in [1.54, 1.807) is 0 Å². The van der Waals surface area contributed by atoms with E-state index in [9.17, 15) is 4.79 Å². The molecule has 0 saturated carbocycles. The molecular formula is C16H28ClNO2S. The van der Waals surface area contributed by atoms with Crippen LogP contribution in [0.25, 0.3) is 0 Å². The van der Waals surface area contributed by atoms with Crippen molar-refractivity contribution >= 4 is 29.7 Å². The van der Waals surface area contributed by atoms with E-state index in [4.69, 9.17) is 4.74 Å². The molecule has 0 spiro atoms. The zero-order valence-electron chi connectivity index (χ0n) is 13.2. The molecule has 1 heterocycles. The number of nitrogens with zero attached hydrogens (tertiary/aromatic N) is 1. The van der Waals surface area contributed by atoms with Crippen molar-refractivity contribution in [2.24, 2.45) is 0 Å². The number of halogens is 1. The van der Waals surface area contributed by atoms with Gasteiger partial charge in [0.2, 0.25) is 0 Å². The predicted molar refractivity (Wildman–Crippen MR) is 92.7 cm³/mol. The lowest BCUT2D eigenvalue weighted by atomic mass is 10.2. The van der Waals surface area contributed by atoms with E-state index in [1.807, 2.05) is 17.5 Å². The summed E-state index contributed by atoms with van der Waals surface area (Å²) < 4.78 is 5.29. The summed E-state index contributed by atoms with van der Waals surface area (Å²) >= 11 is 1.43. The maximum Gasteiger partial charge on any atom is 0.348 e. The monoisotopic (exact) mass is 333 g/mol. The van der Waals surface area contributed by atoms with Gasteiger partial charge in [0.05, 0.1) is 6.61 Å². The van der Waals surface area contributed by atoms with Crippen molar-refractivity contribution in [1.29, 1.82) is 0 Å². The minimum Gasteiger partial charge on any atom is -0.461 e. The lowest BCUT2D eigenvalue weighted by Crippen LogP contribution is -2.28. The van der Waals surface area contributed by atoms with Gasteiger partial charge < -0.3 is 9.64 Å². The molecule has 21 heavy (non-hydrogen) atoms. The second kappa shape index (κ2) is 13.1. The summed E-state index contributed by atoms with van der Waals surface area (Å²) in [6.45, 7) is 8.32. The summed E-state index contributed by atoms with van der Waals surface area (Å²) in [7, 11) is 0. The standard InChI is InChI=1S/C16H27NO2S.ClH/c1-3-5-10-17(11-6-4-2)12-8-13-19-16(18)15-9-7-14-20-15;/h7,9,14H,3-6,8,10-13H2,1-2H3;1H. The van der Waals surface area contributed by atoms with Crippen LogP contribution in [0.2, 0.25) is 0 Å². The van der Waals surface area contributed by atoms with Crippen molar-refractivity contribution in [3.63, 3.8) is 0 Å². The molecule has 0 fully saturated rings. The molecular weight excluding hydrogens is 306 g/mol. The average molecular weight is 334 g/mol. The van der Waals surface area contributed by atoms with Gasteiger partial charge in [-0.2, -0.15) is 0 Å². The molecule has 0 amide bonds. The molecule has 0 aliphatic rings. The molecule has 0 N–H and O–H groups in total. The molecule has 0 radical (unpaired) electrons. The Morgan fingerprint density at radius 1 is 1.14 bits per heavy atom. The van der Waals surface area contributed by atoms with Gasteiger partial charge in [0, 0.05) is 6.54 Å². The molecule has 1 aromatic rings. The van der Waals surface area contributed by atoms with E-state index >= 15 is 0 Å². The lowest BCUT2D eigenvalue weighted by Gasteiger charge is -2.21. The van der Waals surface area contributed by atoms with Crippen LogP contribution in [0.3, 0.4) is 0 Å². The molecule has 0 atom stereocenters. The first-order valence-corrected chi connectivity index (χ1v) is 8.58. The van der Waals surface area contributed by atoms with Crippen LogP contribution in [-0.4, -0.2) is 37.1 Å². The summed E-state index contributed by atoms with van der Waals surface area (Å²) in [5, 5.41) is 1.90. The second-order valence-corrected chi connectivity index (χ2v) is 5.96. The molecule has 0 unspecified atom stereocenters. The SMILES string of the molecule is CCCCN(CCCC)CCCOC(=O)c1cccs1.Cl. The fourth-order valence-electron chi connectivity index (χ4n) is 2.02. The van der Waals surface area contributed by atoms with Gasteiger partial charge in [-0.15, -0.1) is 23.7 Å². The van der Waals surface area contributed by atoms with Crippen molar-refractivity contribution in [3.8, 4) is 0 Å². The molecule has 0 saturated heterocycles. The van der Waals surface area contributed by atoms with Gasteiger partial charge in [0.15, 0.2) is 0 Å². The van der Waals surface area contributed by atoms with Crippen LogP contribution >= 0.6 is 23.7 Å². The fraction of sp³-hybridized carbons (Fsp3) is 0.688. The number of rotatable bonds is 11. The molecule has 122 valence electrons. The summed E-state index contributed by atoms with van der Waals surface area (Å²) in [6.07, 6.45) is 5.88. The Balaban J connectivity index is 0.00000400. The molecule has 1 rings (SSSR count). The highest BCUT2D eigenvalue weighted by atomic mass is 35.5. The normalized spacial score (nSPS) is 10.4. The first-order valence-electron chi connectivity index (χ1n) is 7.70. The number of ether oxygens (including phenoxy) is 1.